The summed E-state index contributed by atoms with van der Waals surface area (Å²) in [6.07, 6.45) is -0.330. The molecule has 0 aromatic heterocycles. The molecular weight excluding hydrogens is 403 g/mol. The van der Waals surface area contributed by atoms with Gasteiger partial charge in [0.25, 0.3) is 0 Å². The lowest BCUT2D eigenvalue weighted by atomic mass is 9.94. The van der Waals surface area contributed by atoms with Crippen LogP contribution in [-0.2, 0) is 28.6 Å². The van der Waals surface area contributed by atoms with E-state index < -0.39 is 35.8 Å². The average Bonchev–Trinajstić information content (AvgIpc) is 2.60. The highest BCUT2D eigenvalue weighted by Gasteiger charge is 2.43. The van der Waals surface area contributed by atoms with Crippen LogP contribution in [0, 0.1) is 12.8 Å². The second-order valence-electron chi connectivity index (χ2n) is 6.70. The molecule has 0 aliphatic heterocycles. The van der Waals surface area contributed by atoms with E-state index in [2.05, 4.69) is 0 Å². The number of carbonyl (C=O) groups excluding carboxylic acids is 1. The summed E-state index contributed by atoms with van der Waals surface area (Å²) in [6.45, 7) is 9.36. The lowest BCUT2D eigenvalue weighted by molar-refractivity contribution is -0.165. The van der Waals surface area contributed by atoms with Crippen LogP contribution < -0.4 is 4.89 Å². The van der Waals surface area contributed by atoms with Gasteiger partial charge in [0.2, 0.25) is 11.9 Å². The molecule has 0 amide bonds. The van der Waals surface area contributed by atoms with Crippen molar-refractivity contribution in [1.29, 1.82) is 0 Å². The van der Waals surface area contributed by atoms with Gasteiger partial charge >= 0.3 is 16.1 Å². The van der Waals surface area contributed by atoms with E-state index in [0.717, 1.165) is 5.56 Å². The number of hydrogen-bond donors (Lipinski definition) is 0. The van der Waals surface area contributed by atoms with Gasteiger partial charge < -0.3 is 14.4 Å². The van der Waals surface area contributed by atoms with E-state index in [0.29, 0.717) is 0 Å². The minimum Gasteiger partial charge on any atom is -0.629 e. The molecule has 1 aromatic rings. The first-order valence-corrected chi connectivity index (χ1v) is 12.1. The normalized spacial score (nSPS) is 14.8. The van der Waals surface area contributed by atoms with E-state index >= 15 is 0 Å². The molecule has 2 atom stereocenters. The van der Waals surface area contributed by atoms with Gasteiger partial charge in [0.15, 0.2) is 0 Å². The first kappa shape index (κ1) is 24.7. The van der Waals surface area contributed by atoms with Crippen LogP contribution >= 0.6 is 7.77 Å². The third-order valence-corrected chi connectivity index (χ3v) is 6.27. The Kier molecular flexibility index (Phi) is 9.74. The maximum atomic E-state index is 12.6. The van der Waals surface area contributed by atoms with E-state index in [1.165, 1.54) is 17.9 Å². The minimum atomic E-state index is -4.05. The summed E-state index contributed by atoms with van der Waals surface area (Å²) in [5.41, 5.74) is -0.605. The zero-order valence-electron chi connectivity index (χ0n) is 17.0. The lowest BCUT2D eigenvalue weighted by Gasteiger charge is -2.28. The van der Waals surface area contributed by atoms with Crippen molar-refractivity contribution in [1.82, 2.24) is 0 Å². The van der Waals surface area contributed by atoms with Crippen LogP contribution in [0.3, 0.4) is 0 Å². The van der Waals surface area contributed by atoms with Crippen molar-refractivity contribution in [2.75, 3.05) is 19.6 Å². The molecule has 0 radical (unpaired) electrons. The molecule has 1 rings (SSSR count). The Balaban J connectivity index is 3.06. The molecule has 0 heterocycles. The zero-order chi connectivity index (χ0) is 21.4. The quantitative estimate of drug-likeness (QED) is 0.301. The average molecular weight is 432 g/mol. The fourth-order valence-electron chi connectivity index (χ4n) is 2.63. The Labute approximate surface area is 168 Å². The standard InChI is InChI=1S/C19H29O7PS/c1-6-24-18(20)19(25-7-2,12-15(3)4)13-27(21)14-26-28(22,23)17-10-8-16(5)9-11-17/h8-11,13,15H,6-7,12,14H2,1-5H3. The Morgan fingerprint density at radius 3 is 2.32 bits per heavy atom. The summed E-state index contributed by atoms with van der Waals surface area (Å²) in [4.78, 5) is 25.1. The first-order valence-electron chi connectivity index (χ1n) is 9.13. The molecule has 9 heteroatoms. The smallest absolute Gasteiger partial charge is 0.346 e. The van der Waals surface area contributed by atoms with Gasteiger partial charge in [-0.15, -0.1) is 0 Å². The van der Waals surface area contributed by atoms with Crippen LogP contribution in [0.4, 0.5) is 0 Å². The highest BCUT2D eigenvalue weighted by Crippen LogP contribution is 2.28. The topological polar surface area (TPSA) is 102 Å². The molecule has 158 valence electrons. The number of aryl methyl sites for hydroxylation is 1. The Bertz CT molecular complexity index is 772. The largest absolute Gasteiger partial charge is 0.629 e. The fourth-order valence-corrected chi connectivity index (χ4v) is 5.03. The van der Waals surface area contributed by atoms with Crippen LogP contribution in [0.5, 0.6) is 0 Å². The summed E-state index contributed by atoms with van der Waals surface area (Å²) >= 11 is 0. The van der Waals surface area contributed by atoms with Gasteiger partial charge in [-0.1, -0.05) is 31.5 Å². The molecule has 0 aliphatic carbocycles. The van der Waals surface area contributed by atoms with Gasteiger partial charge in [-0.25, -0.2) is 8.98 Å². The number of ether oxygens (including phenoxy) is 2. The lowest BCUT2D eigenvalue weighted by Crippen LogP contribution is -2.46. The van der Waals surface area contributed by atoms with E-state index in [9.17, 15) is 18.1 Å². The van der Waals surface area contributed by atoms with Gasteiger partial charge in [-0.3, -0.25) is 0 Å². The van der Waals surface area contributed by atoms with Crippen molar-refractivity contribution < 1.29 is 31.8 Å². The molecule has 0 N–H and O–H groups in total. The number of carbonyl (C=O) groups is 1. The highest BCUT2D eigenvalue weighted by molar-refractivity contribution is 7.87. The van der Waals surface area contributed by atoms with Crippen LogP contribution in [0.1, 0.15) is 39.7 Å². The van der Waals surface area contributed by atoms with Gasteiger partial charge in [-0.2, -0.15) is 8.42 Å². The van der Waals surface area contributed by atoms with E-state index in [1.54, 1.807) is 26.0 Å². The van der Waals surface area contributed by atoms with Gasteiger partial charge in [0.05, 0.1) is 19.3 Å². The molecule has 7 nitrogen and oxygen atoms in total. The number of rotatable bonds is 11. The van der Waals surface area contributed by atoms with Crippen molar-refractivity contribution in [3.8, 4) is 0 Å². The summed E-state index contributed by atoms with van der Waals surface area (Å²) in [7, 11) is -6.37. The number of esters is 1. The van der Waals surface area contributed by atoms with E-state index in [4.69, 9.17) is 13.7 Å². The van der Waals surface area contributed by atoms with E-state index in [-0.39, 0.29) is 30.4 Å². The minimum absolute atomic E-state index is 0.0230. The van der Waals surface area contributed by atoms with Crippen molar-refractivity contribution >= 4 is 29.7 Å². The van der Waals surface area contributed by atoms with E-state index in [1.807, 2.05) is 20.8 Å². The monoisotopic (exact) mass is 432 g/mol. The number of benzene rings is 1. The molecule has 28 heavy (non-hydrogen) atoms. The van der Waals surface area contributed by atoms with Gasteiger partial charge in [0, 0.05) is 6.61 Å². The molecule has 0 aliphatic rings. The third-order valence-electron chi connectivity index (χ3n) is 3.73. The predicted molar refractivity (Wildman–Crippen MR) is 108 cm³/mol. The summed E-state index contributed by atoms with van der Waals surface area (Å²) < 4.78 is 40.2. The van der Waals surface area contributed by atoms with Gasteiger partial charge in [0.1, 0.15) is 5.80 Å². The highest BCUT2D eigenvalue weighted by atomic mass is 32.2. The fraction of sp³-hybridized carbons (Fsp3) is 0.579. The van der Waals surface area contributed by atoms with Crippen LogP contribution in [-0.4, -0.2) is 45.3 Å². The van der Waals surface area contributed by atoms with Crippen molar-refractivity contribution in [3.05, 3.63) is 29.8 Å². The molecule has 0 spiro atoms. The molecule has 0 bridgehead atoms. The summed E-state index contributed by atoms with van der Waals surface area (Å²) in [6, 6.07) is 6.13. The molecule has 2 unspecified atom stereocenters. The zero-order valence-corrected chi connectivity index (χ0v) is 18.7. The number of hydrogen-bond acceptors (Lipinski definition) is 7. The molecule has 0 saturated heterocycles. The van der Waals surface area contributed by atoms with Crippen molar-refractivity contribution in [2.24, 2.45) is 5.92 Å². The first-order chi connectivity index (χ1) is 13.1. The third kappa shape index (κ3) is 7.26. The molecular formula is C19H29O7PS. The van der Waals surface area contributed by atoms with Crippen molar-refractivity contribution in [3.63, 3.8) is 0 Å². The predicted octanol–water partition coefficient (Wildman–Crippen LogP) is 2.60. The summed E-state index contributed by atoms with van der Waals surface area (Å²) in [5, 5.41) is 0. The summed E-state index contributed by atoms with van der Waals surface area (Å²) in [5.74, 6) is 0.622. The van der Waals surface area contributed by atoms with Crippen molar-refractivity contribution in [2.45, 2.75) is 51.5 Å². The molecule has 0 fully saturated rings. The maximum Gasteiger partial charge on any atom is 0.346 e. The Hall–Kier alpha value is -1.31. The Morgan fingerprint density at radius 2 is 1.82 bits per heavy atom. The SMILES string of the molecule is CCOC(=O)C(C=[P+]([O-])COS(=O)(=O)c1ccc(C)cc1)(CC(C)C)OCC. The van der Waals surface area contributed by atoms with Crippen LogP contribution in [0.2, 0.25) is 0 Å². The van der Waals surface area contributed by atoms with Crippen LogP contribution in [0.15, 0.2) is 29.2 Å². The maximum absolute atomic E-state index is 12.6. The molecule has 0 saturated carbocycles. The second-order valence-corrected chi connectivity index (χ2v) is 9.67. The molecule has 1 aromatic carbocycles. The van der Waals surface area contributed by atoms with Gasteiger partial charge in [-0.05, 0) is 45.2 Å². The Morgan fingerprint density at radius 1 is 1.21 bits per heavy atom. The second kappa shape index (κ2) is 11.0. The van der Waals surface area contributed by atoms with Crippen LogP contribution in [0.25, 0.3) is 0 Å².